The maximum absolute atomic E-state index is 13.3. The number of rotatable bonds is 2. The number of aromatic nitrogens is 1. The van der Waals surface area contributed by atoms with E-state index in [4.69, 9.17) is 0 Å². The molecule has 2 heterocycles. The molecule has 0 N–H and O–H groups in total. The second-order valence-electron chi connectivity index (χ2n) is 5.09. The van der Waals surface area contributed by atoms with E-state index in [2.05, 4.69) is 17.9 Å². The van der Waals surface area contributed by atoms with E-state index in [0.29, 0.717) is 12.3 Å². The molecule has 0 radical (unpaired) electrons. The third-order valence-corrected chi connectivity index (χ3v) is 4.68. The normalized spacial score (nSPS) is 17.2. The zero-order valence-electron chi connectivity index (χ0n) is 11.2. The summed E-state index contributed by atoms with van der Waals surface area (Å²) in [6.45, 7) is 5.51. The first-order valence-electron chi connectivity index (χ1n) is 6.97. The third-order valence-electron chi connectivity index (χ3n) is 4.12. The van der Waals surface area contributed by atoms with Gasteiger partial charge in [-0.15, -0.1) is 3.89 Å². The highest BCUT2D eigenvalue weighted by atomic mass is 32.2. The molecule has 0 fully saturated rings. The molecule has 1 aromatic heterocycles. The Morgan fingerprint density at radius 1 is 1.21 bits per heavy atom. The summed E-state index contributed by atoms with van der Waals surface area (Å²) in [6.07, 6.45) is 3.10. The Kier molecular flexibility index (Phi) is 3.80. The van der Waals surface area contributed by atoms with Gasteiger partial charge in [-0.05, 0) is 44.0 Å². The zero-order chi connectivity index (χ0) is 13.2. The van der Waals surface area contributed by atoms with E-state index >= 15 is 0 Å². The van der Waals surface area contributed by atoms with Crippen molar-refractivity contribution in [1.82, 2.24) is 8.87 Å². The van der Waals surface area contributed by atoms with Crippen LogP contribution in [-0.4, -0.2) is 28.5 Å². The van der Waals surface area contributed by atoms with Crippen LogP contribution in [-0.2, 0) is 12.8 Å². The van der Waals surface area contributed by atoms with Crippen LogP contribution in [0, 0.1) is 0 Å². The molecule has 1 aliphatic rings. The van der Waals surface area contributed by atoms with Crippen LogP contribution in [0.3, 0.4) is 0 Å². The van der Waals surface area contributed by atoms with Gasteiger partial charge < -0.3 is 4.90 Å². The third kappa shape index (κ3) is 2.28. The quantitative estimate of drug-likeness (QED) is 0.825. The van der Waals surface area contributed by atoms with Gasteiger partial charge in [-0.1, -0.05) is 25.1 Å². The first kappa shape index (κ1) is 13.0. The van der Waals surface area contributed by atoms with Crippen molar-refractivity contribution in [2.24, 2.45) is 0 Å². The van der Waals surface area contributed by atoms with E-state index in [0.717, 1.165) is 44.4 Å². The van der Waals surface area contributed by atoms with Crippen LogP contribution in [0.15, 0.2) is 24.3 Å². The maximum atomic E-state index is 13.3. The Morgan fingerprint density at radius 2 is 2.05 bits per heavy atom. The number of benzene rings is 1. The highest BCUT2D eigenvalue weighted by Gasteiger charge is 2.20. The smallest absolute Gasteiger partial charge is 0.170 e. The molecule has 4 heteroatoms. The van der Waals surface area contributed by atoms with Gasteiger partial charge in [-0.2, -0.15) is 0 Å². The van der Waals surface area contributed by atoms with Crippen LogP contribution in [0.5, 0.6) is 0 Å². The van der Waals surface area contributed by atoms with Gasteiger partial charge in [0.15, 0.2) is 12.3 Å². The summed E-state index contributed by atoms with van der Waals surface area (Å²) >= 11 is 0.345. The Balaban J connectivity index is 2.10. The zero-order valence-corrected chi connectivity index (χ0v) is 12.0. The first-order chi connectivity index (χ1) is 9.35. The van der Waals surface area contributed by atoms with E-state index in [1.807, 2.05) is 18.2 Å². The van der Waals surface area contributed by atoms with Crippen molar-refractivity contribution >= 4 is 23.2 Å². The Morgan fingerprint density at radius 3 is 2.84 bits per heavy atom. The van der Waals surface area contributed by atoms with Crippen LogP contribution in [0.25, 0.3) is 10.9 Å². The number of hydrogen-bond donors (Lipinski definition) is 0. The predicted molar refractivity (Wildman–Crippen MR) is 80.2 cm³/mol. The van der Waals surface area contributed by atoms with Crippen LogP contribution >= 0.6 is 12.3 Å². The minimum absolute atomic E-state index is 0.345. The lowest BCUT2D eigenvalue weighted by atomic mass is 10.0. The number of likely N-dealkylation sites (N-methyl/N-ethyl adjacent to an activating group) is 1. The second-order valence-corrected chi connectivity index (χ2v) is 5.60. The van der Waals surface area contributed by atoms with Crippen molar-refractivity contribution in [3.63, 3.8) is 0 Å². The Bertz CT molecular complexity index is 579. The van der Waals surface area contributed by atoms with Gasteiger partial charge in [0.05, 0.1) is 5.52 Å². The molecule has 2 aromatic rings. The fourth-order valence-electron chi connectivity index (χ4n) is 3.11. The number of para-hydroxylation sites is 1. The van der Waals surface area contributed by atoms with Gasteiger partial charge in [0.25, 0.3) is 0 Å². The molecule has 0 saturated heterocycles. The molecule has 3 rings (SSSR count). The fourth-order valence-corrected chi connectivity index (χ4v) is 3.63. The van der Waals surface area contributed by atoms with Crippen LogP contribution in [0.4, 0.5) is 3.89 Å². The van der Waals surface area contributed by atoms with E-state index in [1.165, 1.54) is 16.6 Å². The molecule has 102 valence electrons. The maximum Gasteiger partial charge on any atom is 0.170 e. The number of hydrogen-bond acceptors (Lipinski definition) is 2. The van der Waals surface area contributed by atoms with Crippen LogP contribution in [0.1, 0.15) is 24.6 Å². The Labute approximate surface area is 118 Å². The average Bonchev–Trinajstić information content (AvgIpc) is 2.71. The molecule has 0 unspecified atom stereocenters. The van der Waals surface area contributed by atoms with Crippen molar-refractivity contribution in [1.29, 1.82) is 0 Å². The molecule has 0 spiro atoms. The summed E-state index contributed by atoms with van der Waals surface area (Å²) in [5, 5.41) is 1.22. The van der Waals surface area contributed by atoms with Crippen molar-refractivity contribution in [3.8, 4) is 0 Å². The topological polar surface area (TPSA) is 8.17 Å². The highest BCUT2D eigenvalue weighted by Crippen LogP contribution is 2.32. The van der Waals surface area contributed by atoms with Crippen molar-refractivity contribution in [2.45, 2.75) is 26.2 Å². The number of nitrogens with zero attached hydrogens (tertiary/aromatic N) is 2. The van der Waals surface area contributed by atoms with Gasteiger partial charge in [0, 0.05) is 17.6 Å². The van der Waals surface area contributed by atoms with Gasteiger partial charge >= 0.3 is 0 Å². The minimum Gasteiger partial charge on any atom is -0.303 e. The molecular formula is C15H19FN2S. The van der Waals surface area contributed by atoms with E-state index in [-0.39, 0.29) is 0 Å². The van der Waals surface area contributed by atoms with Crippen molar-refractivity contribution in [2.75, 3.05) is 19.6 Å². The second kappa shape index (κ2) is 5.55. The molecule has 0 amide bonds. The molecule has 0 atom stereocenters. The molecule has 0 saturated carbocycles. The Hall–Kier alpha value is -1.00. The largest absolute Gasteiger partial charge is 0.303 e. The SMILES string of the molecule is CCN1CCCc2c(c3ccccc3n2SF)CC1. The summed E-state index contributed by atoms with van der Waals surface area (Å²) in [5.41, 5.74) is 3.55. The minimum atomic E-state index is 0.345. The number of halogens is 1. The van der Waals surface area contributed by atoms with E-state index in [1.54, 1.807) is 3.97 Å². The monoisotopic (exact) mass is 278 g/mol. The summed E-state index contributed by atoms with van der Waals surface area (Å²) in [7, 11) is 0. The average molecular weight is 278 g/mol. The van der Waals surface area contributed by atoms with Crippen LogP contribution in [0.2, 0.25) is 0 Å². The summed E-state index contributed by atoms with van der Waals surface area (Å²) in [4.78, 5) is 2.48. The standard InChI is InChI=1S/C15H19FN2S/c1-2-17-10-5-8-15-13(9-11-17)12-6-3-4-7-14(12)18(15)19-16/h3-4,6-7H,2,5,8-11H2,1H3. The lowest BCUT2D eigenvalue weighted by Crippen LogP contribution is -2.29. The first-order valence-corrected chi connectivity index (χ1v) is 7.65. The van der Waals surface area contributed by atoms with Crippen molar-refractivity contribution < 1.29 is 3.89 Å². The van der Waals surface area contributed by atoms with Crippen molar-refractivity contribution in [3.05, 3.63) is 35.5 Å². The van der Waals surface area contributed by atoms with Gasteiger partial charge in [-0.25, -0.2) is 0 Å². The molecule has 1 aliphatic heterocycles. The number of fused-ring (bicyclic) bond motifs is 3. The molecule has 1 aromatic carbocycles. The summed E-state index contributed by atoms with van der Waals surface area (Å²) < 4.78 is 15.1. The lowest BCUT2D eigenvalue weighted by molar-refractivity contribution is 0.283. The molecule has 2 nitrogen and oxygen atoms in total. The van der Waals surface area contributed by atoms with Gasteiger partial charge in [-0.3, -0.25) is 3.97 Å². The van der Waals surface area contributed by atoms with Crippen LogP contribution < -0.4 is 0 Å². The predicted octanol–water partition coefficient (Wildman–Crippen LogP) is 3.83. The summed E-state index contributed by atoms with van der Waals surface area (Å²) in [6, 6.07) is 8.18. The molecule has 0 bridgehead atoms. The van der Waals surface area contributed by atoms with Gasteiger partial charge in [0.2, 0.25) is 0 Å². The summed E-state index contributed by atoms with van der Waals surface area (Å²) in [5.74, 6) is 0. The lowest BCUT2D eigenvalue weighted by Gasteiger charge is -2.23. The van der Waals surface area contributed by atoms with E-state index in [9.17, 15) is 3.89 Å². The molecule has 19 heavy (non-hydrogen) atoms. The molecular weight excluding hydrogens is 259 g/mol. The van der Waals surface area contributed by atoms with E-state index < -0.39 is 0 Å². The molecule has 0 aliphatic carbocycles. The fraction of sp³-hybridized carbons (Fsp3) is 0.467. The highest BCUT2D eigenvalue weighted by molar-refractivity contribution is 7.93. The van der Waals surface area contributed by atoms with Gasteiger partial charge in [0.1, 0.15) is 0 Å².